The van der Waals surface area contributed by atoms with Crippen molar-refractivity contribution in [1.29, 1.82) is 0 Å². The lowest BCUT2D eigenvalue weighted by atomic mass is 10.1. The lowest BCUT2D eigenvalue weighted by Crippen LogP contribution is -2.50. The summed E-state index contributed by atoms with van der Waals surface area (Å²) in [7, 11) is -1.21. The summed E-state index contributed by atoms with van der Waals surface area (Å²) in [6.07, 6.45) is 0. The molecule has 0 saturated carbocycles. The smallest absolute Gasteiger partial charge is 0.264 e. The summed E-state index contributed by atoms with van der Waals surface area (Å²) in [5.41, 5.74) is 0.927. The van der Waals surface area contributed by atoms with Gasteiger partial charge in [0.1, 0.15) is 18.3 Å². The molecule has 0 spiro atoms. The van der Waals surface area contributed by atoms with Crippen LogP contribution in [0.2, 0.25) is 10.0 Å². The average molecular weight is 564 g/mol. The van der Waals surface area contributed by atoms with Crippen LogP contribution in [0.3, 0.4) is 0 Å². The highest BCUT2D eigenvalue weighted by atomic mass is 35.5. The zero-order valence-corrected chi connectivity index (χ0v) is 22.8. The molecule has 0 heterocycles. The maximum atomic E-state index is 13.7. The molecule has 196 valence electrons. The van der Waals surface area contributed by atoms with Crippen molar-refractivity contribution in [2.45, 2.75) is 24.4 Å². The molecule has 37 heavy (non-hydrogen) atoms. The van der Waals surface area contributed by atoms with Gasteiger partial charge in [0.25, 0.3) is 10.0 Å². The van der Waals surface area contributed by atoms with Gasteiger partial charge in [-0.3, -0.25) is 13.9 Å². The maximum Gasteiger partial charge on any atom is 0.264 e. The molecule has 0 bridgehead atoms. The Morgan fingerprint density at radius 1 is 0.973 bits per heavy atom. The Bertz CT molecular complexity index is 1350. The van der Waals surface area contributed by atoms with Gasteiger partial charge in [-0.1, -0.05) is 47.5 Å². The Balaban J connectivity index is 2.01. The van der Waals surface area contributed by atoms with E-state index >= 15 is 0 Å². The molecular formula is C26H27Cl2N3O5S. The van der Waals surface area contributed by atoms with Gasteiger partial charge in [-0.05, 0) is 61.0 Å². The molecule has 0 aliphatic rings. The highest BCUT2D eigenvalue weighted by Crippen LogP contribution is 2.27. The monoisotopic (exact) mass is 563 g/mol. The molecule has 3 aromatic carbocycles. The third-order valence-corrected chi connectivity index (χ3v) is 8.25. The van der Waals surface area contributed by atoms with Gasteiger partial charge in [-0.2, -0.15) is 0 Å². The summed E-state index contributed by atoms with van der Waals surface area (Å²) >= 11 is 12.2. The van der Waals surface area contributed by atoms with Crippen LogP contribution >= 0.6 is 23.2 Å². The average Bonchev–Trinajstić information content (AvgIpc) is 2.91. The molecule has 11 heteroatoms. The van der Waals surface area contributed by atoms with E-state index in [0.29, 0.717) is 27.0 Å². The van der Waals surface area contributed by atoms with Gasteiger partial charge in [0.05, 0.1) is 27.7 Å². The van der Waals surface area contributed by atoms with E-state index in [0.717, 1.165) is 4.31 Å². The molecule has 0 fully saturated rings. The van der Waals surface area contributed by atoms with Crippen LogP contribution < -0.4 is 14.4 Å². The van der Waals surface area contributed by atoms with Crippen LogP contribution in [0, 0.1) is 0 Å². The number of nitrogens with one attached hydrogen (secondary N) is 1. The van der Waals surface area contributed by atoms with Crippen molar-refractivity contribution in [1.82, 2.24) is 10.2 Å². The number of likely N-dealkylation sites (N-methyl/N-ethyl adjacent to an activating group) is 1. The van der Waals surface area contributed by atoms with E-state index in [9.17, 15) is 18.0 Å². The number of halogens is 2. The normalized spacial score (nSPS) is 11.9. The van der Waals surface area contributed by atoms with Crippen molar-refractivity contribution in [3.8, 4) is 5.75 Å². The fraction of sp³-hybridized carbons (Fsp3) is 0.231. The molecule has 0 radical (unpaired) electrons. The van der Waals surface area contributed by atoms with Gasteiger partial charge in [-0.25, -0.2) is 8.42 Å². The van der Waals surface area contributed by atoms with E-state index in [1.54, 1.807) is 55.5 Å². The highest BCUT2D eigenvalue weighted by molar-refractivity contribution is 7.92. The van der Waals surface area contributed by atoms with Crippen molar-refractivity contribution in [3.63, 3.8) is 0 Å². The molecule has 0 aliphatic heterocycles. The van der Waals surface area contributed by atoms with Crippen LogP contribution in [0.1, 0.15) is 12.5 Å². The number of carbonyl (C=O) groups is 2. The molecular weight excluding hydrogens is 537 g/mol. The second-order valence-corrected chi connectivity index (χ2v) is 10.8. The van der Waals surface area contributed by atoms with Gasteiger partial charge in [0.15, 0.2) is 0 Å². The van der Waals surface area contributed by atoms with E-state index in [4.69, 9.17) is 27.9 Å². The Labute approximate surface area is 226 Å². The van der Waals surface area contributed by atoms with E-state index < -0.39 is 34.4 Å². The van der Waals surface area contributed by atoms with Crippen LogP contribution in [-0.4, -0.2) is 51.9 Å². The molecule has 2 amide bonds. The number of amides is 2. The number of sulfonamides is 1. The van der Waals surface area contributed by atoms with E-state index in [1.807, 2.05) is 0 Å². The quantitative estimate of drug-likeness (QED) is 0.395. The third-order valence-electron chi connectivity index (χ3n) is 5.72. The first-order valence-corrected chi connectivity index (χ1v) is 13.4. The molecule has 8 nitrogen and oxygen atoms in total. The first kappa shape index (κ1) is 28.3. The van der Waals surface area contributed by atoms with Crippen molar-refractivity contribution >= 4 is 50.7 Å². The minimum absolute atomic E-state index is 0.00945. The van der Waals surface area contributed by atoms with Crippen molar-refractivity contribution in [2.75, 3.05) is 25.0 Å². The number of hydrogen-bond acceptors (Lipinski definition) is 5. The fourth-order valence-corrected chi connectivity index (χ4v) is 5.36. The SMILES string of the molecule is CNC(=O)[C@@H](C)N(Cc1ccc(Cl)c(Cl)c1)C(=O)CN(c1ccccc1)S(=O)(=O)c1ccc(OC)cc1. The van der Waals surface area contributed by atoms with Gasteiger partial charge in [0, 0.05) is 13.6 Å². The number of ether oxygens (including phenoxy) is 1. The van der Waals surface area contributed by atoms with Crippen molar-refractivity contribution in [2.24, 2.45) is 0 Å². The zero-order chi connectivity index (χ0) is 27.2. The Kier molecular flexibility index (Phi) is 9.42. The minimum Gasteiger partial charge on any atom is -0.497 e. The second kappa shape index (κ2) is 12.3. The van der Waals surface area contributed by atoms with Crippen molar-refractivity contribution < 1.29 is 22.7 Å². The summed E-state index contributed by atoms with van der Waals surface area (Å²) in [6, 6.07) is 18.2. The number of carbonyl (C=O) groups excluding carboxylic acids is 2. The Hall–Kier alpha value is -3.27. The summed E-state index contributed by atoms with van der Waals surface area (Å²) in [5.74, 6) is -0.491. The predicted molar refractivity (Wildman–Crippen MR) is 145 cm³/mol. The summed E-state index contributed by atoms with van der Waals surface area (Å²) < 4.78 is 33.5. The van der Waals surface area contributed by atoms with E-state index in [-0.39, 0.29) is 11.4 Å². The summed E-state index contributed by atoms with van der Waals surface area (Å²) in [6.45, 7) is 1.04. The lowest BCUT2D eigenvalue weighted by Gasteiger charge is -2.31. The Morgan fingerprint density at radius 2 is 1.62 bits per heavy atom. The molecule has 0 saturated heterocycles. The van der Waals surface area contributed by atoms with Crippen LogP contribution in [0.15, 0.2) is 77.7 Å². The van der Waals surface area contributed by atoms with Gasteiger partial charge >= 0.3 is 0 Å². The predicted octanol–water partition coefficient (Wildman–Crippen LogP) is 4.36. The number of benzene rings is 3. The molecule has 3 rings (SSSR count). The first-order valence-electron chi connectivity index (χ1n) is 11.2. The number of anilines is 1. The number of para-hydroxylation sites is 1. The Morgan fingerprint density at radius 3 is 2.19 bits per heavy atom. The summed E-state index contributed by atoms with van der Waals surface area (Å²) in [4.78, 5) is 27.5. The van der Waals surface area contributed by atoms with Crippen LogP contribution in [0.5, 0.6) is 5.75 Å². The van der Waals surface area contributed by atoms with Crippen LogP contribution in [0.25, 0.3) is 0 Å². The molecule has 3 aromatic rings. The molecule has 1 atom stereocenters. The fourth-order valence-electron chi connectivity index (χ4n) is 3.62. The summed E-state index contributed by atoms with van der Waals surface area (Å²) in [5, 5.41) is 3.18. The van der Waals surface area contributed by atoms with Crippen LogP contribution in [0.4, 0.5) is 5.69 Å². The number of nitrogens with zero attached hydrogens (tertiary/aromatic N) is 2. The number of methoxy groups -OCH3 is 1. The molecule has 1 N–H and O–H groups in total. The number of rotatable bonds is 10. The largest absolute Gasteiger partial charge is 0.497 e. The molecule has 0 unspecified atom stereocenters. The second-order valence-electron chi connectivity index (χ2n) is 8.08. The zero-order valence-electron chi connectivity index (χ0n) is 20.5. The first-order chi connectivity index (χ1) is 17.6. The standard InChI is InChI=1S/C26H27Cl2N3O5S/c1-18(26(33)29-2)30(16-19-9-14-23(27)24(28)15-19)25(32)17-31(20-7-5-4-6-8-20)37(34,35)22-12-10-21(36-3)11-13-22/h4-15,18H,16-17H2,1-3H3,(H,29,33)/t18-/m1/s1. The van der Waals surface area contributed by atoms with Gasteiger partial charge in [-0.15, -0.1) is 0 Å². The third kappa shape index (κ3) is 6.74. The minimum atomic E-state index is -4.15. The van der Waals surface area contributed by atoms with E-state index in [1.165, 1.54) is 43.3 Å². The highest BCUT2D eigenvalue weighted by Gasteiger charge is 2.32. The van der Waals surface area contributed by atoms with Crippen LogP contribution in [-0.2, 0) is 26.2 Å². The molecule has 0 aliphatic carbocycles. The molecule has 0 aromatic heterocycles. The topological polar surface area (TPSA) is 96.0 Å². The number of hydrogen-bond donors (Lipinski definition) is 1. The van der Waals surface area contributed by atoms with Gasteiger partial charge < -0.3 is 15.0 Å². The van der Waals surface area contributed by atoms with Gasteiger partial charge in [0.2, 0.25) is 11.8 Å². The van der Waals surface area contributed by atoms with Crippen molar-refractivity contribution in [3.05, 3.63) is 88.4 Å². The maximum absolute atomic E-state index is 13.7. The lowest BCUT2D eigenvalue weighted by molar-refractivity contribution is -0.139. The van der Waals surface area contributed by atoms with E-state index in [2.05, 4.69) is 5.32 Å².